The SMILES string of the molecule is Cc1cc(C)c(CNC(=O)c2cc(CCc3ccccc3)nc3c2cnn3C(C)C)c(=O)[nH]1. The number of aromatic nitrogens is 4. The second-order valence-electron chi connectivity index (χ2n) is 8.69. The molecule has 0 radical (unpaired) electrons. The van der Waals surface area contributed by atoms with E-state index in [9.17, 15) is 9.59 Å². The molecule has 0 bridgehead atoms. The fourth-order valence-electron chi connectivity index (χ4n) is 4.05. The third kappa shape index (κ3) is 4.87. The minimum Gasteiger partial charge on any atom is -0.348 e. The van der Waals surface area contributed by atoms with E-state index in [4.69, 9.17) is 4.98 Å². The van der Waals surface area contributed by atoms with Gasteiger partial charge in [0.15, 0.2) is 5.65 Å². The van der Waals surface area contributed by atoms with Gasteiger partial charge in [0.25, 0.3) is 11.5 Å². The van der Waals surface area contributed by atoms with Crippen molar-refractivity contribution in [2.24, 2.45) is 0 Å². The van der Waals surface area contributed by atoms with Crippen molar-refractivity contribution in [2.75, 3.05) is 0 Å². The smallest absolute Gasteiger partial charge is 0.253 e. The van der Waals surface area contributed by atoms with E-state index in [0.29, 0.717) is 28.6 Å². The highest BCUT2D eigenvalue weighted by Gasteiger charge is 2.18. The Morgan fingerprint density at radius 3 is 2.58 bits per heavy atom. The highest BCUT2D eigenvalue weighted by molar-refractivity contribution is 6.05. The van der Waals surface area contributed by atoms with Gasteiger partial charge in [0, 0.05) is 29.5 Å². The van der Waals surface area contributed by atoms with Gasteiger partial charge < -0.3 is 10.3 Å². The zero-order valence-electron chi connectivity index (χ0n) is 19.5. The van der Waals surface area contributed by atoms with Gasteiger partial charge in [0.2, 0.25) is 0 Å². The molecule has 0 spiro atoms. The van der Waals surface area contributed by atoms with Gasteiger partial charge in [0.1, 0.15) is 0 Å². The molecule has 4 rings (SSSR count). The van der Waals surface area contributed by atoms with E-state index in [0.717, 1.165) is 23.4 Å². The molecule has 33 heavy (non-hydrogen) atoms. The zero-order valence-corrected chi connectivity index (χ0v) is 19.5. The molecule has 0 aliphatic heterocycles. The summed E-state index contributed by atoms with van der Waals surface area (Å²) >= 11 is 0. The summed E-state index contributed by atoms with van der Waals surface area (Å²) in [5.74, 6) is -0.244. The maximum absolute atomic E-state index is 13.2. The zero-order chi connectivity index (χ0) is 23.5. The summed E-state index contributed by atoms with van der Waals surface area (Å²) in [6.45, 7) is 7.95. The Morgan fingerprint density at radius 2 is 1.88 bits per heavy atom. The van der Waals surface area contributed by atoms with Crippen LogP contribution in [0.1, 0.15) is 58.3 Å². The van der Waals surface area contributed by atoms with Crippen LogP contribution in [0.25, 0.3) is 11.0 Å². The molecule has 7 heteroatoms. The van der Waals surface area contributed by atoms with Gasteiger partial charge in [-0.2, -0.15) is 5.10 Å². The lowest BCUT2D eigenvalue weighted by Crippen LogP contribution is -2.28. The number of carbonyl (C=O) groups excluding carboxylic acids is 1. The lowest BCUT2D eigenvalue weighted by molar-refractivity contribution is 0.0952. The van der Waals surface area contributed by atoms with Gasteiger partial charge in [-0.25, -0.2) is 9.67 Å². The van der Waals surface area contributed by atoms with Crippen molar-refractivity contribution >= 4 is 16.9 Å². The first kappa shape index (κ1) is 22.5. The Balaban J connectivity index is 1.65. The summed E-state index contributed by atoms with van der Waals surface area (Å²) in [5, 5.41) is 8.10. The summed E-state index contributed by atoms with van der Waals surface area (Å²) in [4.78, 5) is 33.2. The Bertz CT molecular complexity index is 1350. The van der Waals surface area contributed by atoms with Crippen LogP contribution >= 0.6 is 0 Å². The number of rotatable bonds is 7. The van der Waals surface area contributed by atoms with E-state index in [-0.39, 0.29) is 24.1 Å². The predicted octanol–water partition coefficient (Wildman–Crippen LogP) is 4.03. The lowest BCUT2D eigenvalue weighted by atomic mass is 10.0. The Kier molecular flexibility index (Phi) is 6.40. The Morgan fingerprint density at radius 1 is 1.12 bits per heavy atom. The van der Waals surface area contributed by atoms with Crippen LogP contribution in [-0.4, -0.2) is 25.7 Å². The van der Waals surface area contributed by atoms with Gasteiger partial charge in [-0.1, -0.05) is 30.3 Å². The van der Waals surface area contributed by atoms with Crippen LogP contribution in [0.4, 0.5) is 0 Å². The van der Waals surface area contributed by atoms with E-state index >= 15 is 0 Å². The number of nitrogens with one attached hydrogen (secondary N) is 2. The number of hydrogen-bond acceptors (Lipinski definition) is 4. The largest absolute Gasteiger partial charge is 0.348 e. The molecule has 3 aromatic heterocycles. The number of benzene rings is 1. The monoisotopic (exact) mass is 443 g/mol. The molecular formula is C26H29N5O2. The van der Waals surface area contributed by atoms with E-state index in [1.165, 1.54) is 5.56 Å². The first-order chi connectivity index (χ1) is 15.8. The van der Waals surface area contributed by atoms with Crippen molar-refractivity contribution in [1.29, 1.82) is 0 Å². The van der Waals surface area contributed by atoms with Gasteiger partial charge in [-0.3, -0.25) is 9.59 Å². The van der Waals surface area contributed by atoms with Gasteiger partial charge in [-0.05, 0) is 63.8 Å². The van der Waals surface area contributed by atoms with Gasteiger partial charge in [0.05, 0.1) is 17.1 Å². The average molecular weight is 444 g/mol. The molecule has 0 fully saturated rings. The molecular weight excluding hydrogens is 414 g/mol. The maximum atomic E-state index is 13.2. The van der Waals surface area contributed by atoms with Gasteiger partial charge >= 0.3 is 0 Å². The van der Waals surface area contributed by atoms with Crippen LogP contribution in [0, 0.1) is 13.8 Å². The van der Waals surface area contributed by atoms with Crippen LogP contribution in [0.2, 0.25) is 0 Å². The molecule has 0 aliphatic carbocycles. The Labute approximate surface area is 192 Å². The molecule has 0 saturated heterocycles. The summed E-state index contributed by atoms with van der Waals surface area (Å²) < 4.78 is 1.84. The first-order valence-electron chi connectivity index (χ1n) is 11.2. The number of aromatic amines is 1. The summed E-state index contributed by atoms with van der Waals surface area (Å²) in [5.41, 5.74) is 5.31. The molecule has 170 valence electrons. The minimum absolute atomic E-state index is 0.115. The molecule has 0 atom stereocenters. The van der Waals surface area contributed by atoms with Crippen molar-refractivity contribution in [3.8, 4) is 0 Å². The second kappa shape index (κ2) is 9.40. The molecule has 1 amide bonds. The number of aryl methyl sites for hydroxylation is 4. The fraction of sp³-hybridized carbons (Fsp3) is 0.308. The van der Waals surface area contributed by atoms with Crippen LogP contribution in [0.3, 0.4) is 0 Å². The number of pyridine rings is 2. The summed E-state index contributed by atoms with van der Waals surface area (Å²) in [6.07, 6.45) is 3.23. The average Bonchev–Trinajstić information content (AvgIpc) is 3.21. The van der Waals surface area contributed by atoms with Crippen LogP contribution < -0.4 is 10.9 Å². The summed E-state index contributed by atoms with van der Waals surface area (Å²) in [7, 11) is 0. The molecule has 0 saturated carbocycles. The number of carbonyl (C=O) groups is 1. The number of amides is 1. The number of nitrogens with zero attached hydrogens (tertiary/aromatic N) is 3. The van der Waals surface area contributed by atoms with Gasteiger partial charge in [-0.15, -0.1) is 0 Å². The van der Waals surface area contributed by atoms with Crippen molar-refractivity contribution in [3.05, 3.63) is 92.7 Å². The van der Waals surface area contributed by atoms with Crippen LogP contribution in [-0.2, 0) is 19.4 Å². The molecule has 3 heterocycles. The quantitative estimate of drug-likeness (QED) is 0.451. The molecule has 4 aromatic rings. The van der Waals surface area contributed by atoms with E-state index in [1.807, 2.05) is 62.7 Å². The van der Waals surface area contributed by atoms with E-state index < -0.39 is 0 Å². The lowest BCUT2D eigenvalue weighted by Gasteiger charge is -2.12. The fourth-order valence-corrected chi connectivity index (χ4v) is 4.05. The Hall–Kier alpha value is -3.74. The molecule has 0 unspecified atom stereocenters. The number of hydrogen-bond donors (Lipinski definition) is 2. The maximum Gasteiger partial charge on any atom is 0.253 e. The number of fused-ring (bicyclic) bond motifs is 1. The highest BCUT2D eigenvalue weighted by atomic mass is 16.1. The molecule has 1 aromatic carbocycles. The molecule has 7 nitrogen and oxygen atoms in total. The number of H-pyrrole nitrogens is 1. The van der Waals surface area contributed by atoms with E-state index in [1.54, 1.807) is 6.20 Å². The highest BCUT2D eigenvalue weighted by Crippen LogP contribution is 2.22. The van der Waals surface area contributed by atoms with Crippen LogP contribution in [0.15, 0.2) is 53.5 Å². The van der Waals surface area contributed by atoms with Crippen molar-refractivity contribution in [3.63, 3.8) is 0 Å². The topological polar surface area (TPSA) is 92.7 Å². The normalized spacial score (nSPS) is 11.3. The first-order valence-corrected chi connectivity index (χ1v) is 11.2. The van der Waals surface area contributed by atoms with Crippen LogP contribution in [0.5, 0.6) is 0 Å². The third-order valence-corrected chi connectivity index (χ3v) is 5.79. The predicted molar refractivity (Wildman–Crippen MR) is 129 cm³/mol. The van der Waals surface area contributed by atoms with E-state index in [2.05, 4.69) is 27.5 Å². The third-order valence-electron chi connectivity index (χ3n) is 5.79. The van der Waals surface area contributed by atoms with Crippen molar-refractivity contribution < 1.29 is 4.79 Å². The second-order valence-corrected chi connectivity index (χ2v) is 8.69. The summed E-state index contributed by atoms with van der Waals surface area (Å²) in [6, 6.07) is 14.1. The molecule has 2 N–H and O–H groups in total. The van der Waals surface area contributed by atoms with Crippen molar-refractivity contribution in [1.82, 2.24) is 25.1 Å². The standard InChI is InChI=1S/C26H29N5O2/c1-16(2)31-24-23(15-28-31)21(13-20(30-24)11-10-19-8-6-5-7-9-19)25(32)27-14-22-17(3)12-18(4)29-26(22)33/h5-9,12-13,15-16H,10-11,14H2,1-4H3,(H,27,32)(H,29,33). The minimum atomic E-state index is -0.244. The van der Waals surface area contributed by atoms with Crippen molar-refractivity contribution in [2.45, 2.75) is 53.1 Å². The molecule has 0 aliphatic rings.